The summed E-state index contributed by atoms with van der Waals surface area (Å²) in [6.07, 6.45) is 1.51. The second-order valence-corrected chi connectivity index (χ2v) is 6.09. The van der Waals surface area contributed by atoms with Gasteiger partial charge in [0.2, 0.25) is 5.91 Å². The van der Waals surface area contributed by atoms with Gasteiger partial charge in [0, 0.05) is 16.2 Å². The molecule has 0 fully saturated rings. The van der Waals surface area contributed by atoms with E-state index in [1.807, 2.05) is 20.8 Å². The fourth-order valence-electron chi connectivity index (χ4n) is 1.45. The molecule has 0 unspecified atom stereocenters. The largest absolute Gasteiger partial charge is 0.350 e. The number of hydrogen-bond acceptors (Lipinski definition) is 5. The van der Waals surface area contributed by atoms with E-state index in [0.717, 1.165) is 0 Å². The topological polar surface area (TPSA) is 109 Å². The molecule has 0 aliphatic carbocycles. The highest BCUT2D eigenvalue weighted by Crippen LogP contribution is 2.16. The van der Waals surface area contributed by atoms with Crippen LogP contribution in [0.4, 0.5) is 5.82 Å². The van der Waals surface area contributed by atoms with Gasteiger partial charge in [0.25, 0.3) is 5.91 Å². The van der Waals surface area contributed by atoms with E-state index in [-0.39, 0.29) is 29.4 Å². The zero-order valence-electron chi connectivity index (χ0n) is 11.6. The van der Waals surface area contributed by atoms with Crippen molar-refractivity contribution >= 4 is 33.6 Å². The number of amides is 2. The number of carbonyl (C=O) groups excluding carboxylic acids is 2. The highest BCUT2D eigenvalue weighted by molar-refractivity contribution is 9.10. The van der Waals surface area contributed by atoms with E-state index in [9.17, 15) is 9.59 Å². The van der Waals surface area contributed by atoms with Crippen LogP contribution in [0.2, 0.25) is 0 Å². The van der Waals surface area contributed by atoms with Crippen molar-refractivity contribution < 1.29 is 9.59 Å². The predicted molar refractivity (Wildman–Crippen MR) is 80.0 cm³/mol. The van der Waals surface area contributed by atoms with Crippen molar-refractivity contribution in [3.05, 3.63) is 22.3 Å². The minimum atomic E-state index is -0.434. The third-order valence-electron chi connectivity index (χ3n) is 2.16. The Hall–Kier alpha value is -1.67. The first-order valence-corrected chi connectivity index (χ1v) is 6.73. The number of anilines is 1. The highest BCUT2D eigenvalue weighted by atomic mass is 79.9. The van der Waals surface area contributed by atoms with Gasteiger partial charge in [-0.05, 0) is 42.8 Å². The molecule has 1 aromatic heterocycles. The lowest BCUT2D eigenvalue weighted by molar-refractivity contribution is -0.121. The van der Waals surface area contributed by atoms with Crippen LogP contribution in [-0.4, -0.2) is 28.9 Å². The number of aromatic nitrogens is 1. The second kappa shape index (κ2) is 6.67. The monoisotopic (exact) mass is 343 g/mol. The number of hydrogen-bond donors (Lipinski definition) is 4. The molecular weight excluding hydrogens is 326 g/mol. The molecule has 0 bridgehead atoms. The lowest BCUT2D eigenvalue weighted by Crippen LogP contribution is -2.45. The Morgan fingerprint density at radius 1 is 1.40 bits per heavy atom. The minimum absolute atomic E-state index is 0.118. The summed E-state index contributed by atoms with van der Waals surface area (Å²) in [7, 11) is 0. The molecule has 0 aromatic carbocycles. The fourth-order valence-corrected chi connectivity index (χ4v) is 1.78. The van der Waals surface area contributed by atoms with Crippen LogP contribution in [0.1, 0.15) is 31.1 Å². The minimum Gasteiger partial charge on any atom is -0.350 e. The van der Waals surface area contributed by atoms with Gasteiger partial charge in [0.1, 0.15) is 0 Å². The van der Waals surface area contributed by atoms with E-state index in [1.54, 1.807) is 6.07 Å². The second-order valence-electron chi connectivity index (χ2n) is 5.17. The van der Waals surface area contributed by atoms with Crippen LogP contribution in [0.15, 0.2) is 16.7 Å². The van der Waals surface area contributed by atoms with Crippen LogP contribution >= 0.6 is 15.9 Å². The smallest absolute Gasteiger partial charge is 0.255 e. The van der Waals surface area contributed by atoms with Crippen molar-refractivity contribution in [2.75, 3.05) is 12.0 Å². The molecule has 1 rings (SSSR count). The summed E-state index contributed by atoms with van der Waals surface area (Å²) >= 11 is 3.22. The first kappa shape index (κ1) is 16.4. The molecule has 1 heterocycles. The van der Waals surface area contributed by atoms with Crippen LogP contribution in [-0.2, 0) is 4.79 Å². The van der Waals surface area contributed by atoms with Crippen LogP contribution in [0.5, 0.6) is 0 Å². The van der Waals surface area contributed by atoms with E-state index >= 15 is 0 Å². The van der Waals surface area contributed by atoms with Gasteiger partial charge in [0.15, 0.2) is 5.82 Å². The number of nitrogen functional groups attached to an aromatic ring is 1. The lowest BCUT2D eigenvalue weighted by Gasteiger charge is -2.20. The standard InChI is InChI=1S/C12H18BrN5O2/c1-12(2,3)17-9(19)6-16-11(20)8-4-7(13)5-15-10(8)18-14/h4-5H,6,14H2,1-3H3,(H,15,18)(H,16,20)(H,17,19). The van der Waals surface area contributed by atoms with Gasteiger partial charge in [-0.2, -0.15) is 0 Å². The Morgan fingerprint density at radius 3 is 2.60 bits per heavy atom. The molecule has 2 amide bonds. The molecule has 0 aliphatic heterocycles. The Balaban J connectivity index is 2.68. The van der Waals surface area contributed by atoms with Gasteiger partial charge < -0.3 is 16.1 Å². The van der Waals surface area contributed by atoms with Gasteiger partial charge in [-0.15, -0.1) is 0 Å². The Kier molecular flexibility index (Phi) is 5.46. The number of nitrogens with zero attached hydrogens (tertiary/aromatic N) is 1. The average molecular weight is 344 g/mol. The first-order valence-electron chi connectivity index (χ1n) is 5.94. The zero-order valence-corrected chi connectivity index (χ0v) is 13.2. The van der Waals surface area contributed by atoms with Crippen LogP contribution < -0.4 is 21.9 Å². The number of carbonyl (C=O) groups is 2. The molecular formula is C12H18BrN5O2. The molecule has 0 radical (unpaired) electrons. The zero-order chi connectivity index (χ0) is 15.3. The molecule has 0 saturated carbocycles. The number of rotatable bonds is 4. The Labute approximate surface area is 125 Å². The SMILES string of the molecule is CC(C)(C)NC(=O)CNC(=O)c1cc(Br)cnc1NN. The summed E-state index contributed by atoms with van der Waals surface area (Å²) in [5.41, 5.74) is 2.25. The summed E-state index contributed by atoms with van der Waals surface area (Å²) in [6.45, 7) is 5.47. The van der Waals surface area contributed by atoms with Crippen molar-refractivity contribution in [3.8, 4) is 0 Å². The van der Waals surface area contributed by atoms with E-state index < -0.39 is 5.91 Å². The molecule has 8 heteroatoms. The van der Waals surface area contributed by atoms with Crippen molar-refractivity contribution in [1.29, 1.82) is 0 Å². The Morgan fingerprint density at radius 2 is 2.05 bits per heavy atom. The van der Waals surface area contributed by atoms with E-state index in [1.165, 1.54) is 6.20 Å². The van der Waals surface area contributed by atoms with Crippen LogP contribution in [0.3, 0.4) is 0 Å². The number of nitrogens with one attached hydrogen (secondary N) is 3. The third-order valence-corrected chi connectivity index (χ3v) is 2.59. The molecule has 7 nitrogen and oxygen atoms in total. The number of pyridine rings is 1. The van der Waals surface area contributed by atoms with Crippen molar-refractivity contribution in [1.82, 2.24) is 15.6 Å². The predicted octanol–water partition coefficient (Wildman–Crippen LogP) is 0.774. The Bertz CT molecular complexity index is 513. The molecule has 0 aliphatic rings. The number of nitrogens with two attached hydrogens (primary N) is 1. The molecule has 110 valence electrons. The van der Waals surface area contributed by atoms with Gasteiger partial charge in [-0.25, -0.2) is 10.8 Å². The van der Waals surface area contributed by atoms with Crippen molar-refractivity contribution in [3.63, 3.8) is 0 Å². The summed E-state index contributed by atoms with van der Waals surface area (Å²) in [5, 5.41) is 5.26. The molecule has 0 atom stereocenters. The molecule has 1 aromatic rings. The maximum absolute atomic E-state index is 12.0. The van der Waals surface area contributed by atoms with Crippen molar-refractivity contribution in [2.45, 2.75) is 26.3 Å². The van der Waals surface area contributed by atoms with Crippen molar-refractivity contribution in [2.24, 2.45) is 5.84 Å². The van der Waals surface area contributed by atoms with Crippen LogP contribution in [0.25, 0.3) is 0 Å². The molecule has 5 N–H and O–H groups in total. The normalized spacial score (nSPS) is 10.8. The van der Waals surface area contributed by atoms with Gasteiger partial charge >= 0.3 is 0 Å². The van der Waals surface area contributed by atoms with Crippen LogP contribution in [0, 0.1) is 0 Å². The fraction of sp³-hybridized carbons (Fsp3) is 0.417. The van der Waals surface area contributed by atoms with E-state index in [4.69, 9.17) is 5.84 Å². The van der Waals surface area contributed by atoms with E-state index in [0.29, 0.717) is 4.47 Å². The summed E-state index contributed by atoms with van der Waals surface area (Å²) < 4.78 is 0.640. The van der Waals surface area contributed by atoms with Gasteiger partial charge in [-0.1, -0.05) is 0 Å². The molecule has 0 saturated heterocycles. The van der Waals surface area contributed by atoms with Gasteiger partial charge in [-0.3, -0.25) is 9.59 Å². The number of halogens is 1. The first-order chi connectivity index (χ1) is 9.23. The summed E-state index contributed by atoms with van der Waals surface area (Å²) in [6, 6.07) is 1.57. The maximum Gasteiger partial charge on any atom is 0.255 e. The molecule has 0 spiro atoms. The lowest BCUT2D eigenvalue weighted by atomic mass is 10.1. The molecule has 20 heavy (non-hydrogen) atoms. The average Bonchev–Trinajstić information content (AvgIpc) is 2.33. The third kappa shape index (κ3) is 5.14. The summed E-state index contributed by atoms with van der Waals surface area (Å²) in [4.78, 5) is 27.6. The van der Waals surface area contributed by atoms with Gasteiger partial charge in [0.05, 0.1) is 12.1 Å². The summed E-state index contributed by atoms with van der Waals surface area (Å²) in [5.74, 6) is 4.83. The quantitative estimate of drug-likeness (QED) is 0.477. The number of hydrazine groups is 1. The maximum atomic E-state index is 12.0. The van der Waals surface area contributed by atoms with E-state index in [2.05, 4.69) is 37.0 Å². The highest BCUT2D eigenvalue weighted by Gasteiger charge is 2.16.